The molecule has 5 N–H and O–H groups in total. The molecule has 132 valence electrons. The van der Waals surface area contributed by atoms with Gasteiger partial charge in [0.05, 0.1) is 17.5 Å². The summed E-state index contributed by atoms with van der Waals surface area (Å²) in [6.45, 7) is 0. The zero-order chi connectivity index (χ0) is 18.5. The number of hydrogen-bond donors (Lipinski definition) is 4. The molecule has 0 saturated heterocycles. The van der Waals surface area contributed by atoms with Crippen molar-refractivity contribution in [2.24, 2.45) is 0 Å². The molecule has 0 aromatic heterocycles. The summed E-state index contributed by atoms with van der Waals surface area (Å²) in [6, 6.07) is 17.6. The normalized spacial score (nSPS) is 12.3. The molecule has 5 heteroatoms. The van der Waals surface area contributed by atoms with Crippen LogP contribution in [0, 0.1) is 0 Å². The van der Waals surface area contributed by atoms with E-state index in [9.17, 15) is 15.0 Å². The van der Waals surface area contributed by atoms with E-state index in [-0.39, 0.29) is 18.1 Å². The van der Waals surface area contributed by atoms with Gasteiger partial charge in [-0.3, -0.25) is 4.79 Å². The number of nitrogen functional groups attached to an aromatic ring is 1. The van der Waals surface area contributed by atoms with Gasteiger partial charge in [-0.05, 0) is 41.6 Å². The fraction of sp³-hybridized carbons (Fsp3) is 0.0952. The van der Waals surface area contributed by atoms with Crippen LogP contribution in [-0.4, -0.2) is 16.1 Å². The zero-order valence-corrected chi connectivity index (χ0v) is 14.1. The Labute approximate surface area is 151 Å². The van der Waals surface area contributed by atoms with Gasteiger partial charge in [-0.1, -0.05) is 48.5 Å². The van der Waals surface area contributed by atoms with Gasteiger partial charge in [0.1, 0.15) is 5.75 Å². The zero-order valence-electron chi connectivity index (χ0n) is 14.1. The fourth-order valence-corrected chi connectivity index (χ4v) is 2.81. The van der Waals surface area contributed by atoms with Crippen LogP contribution in [0.2, 0.25) is 0 Å². The molecule has 0 heterocycles. The van der Waals surface area contributed by atoms with E-state index in [0.717, 1.165) is 5.39 Å². The fourth-order valence-electron chi connectivity index (χ4n) is 2.81. The number of aliphatic hydroxyl groups is 1. The maximum atomic E-state index is 12.0. The van der Waals surface area contributed by atoms with Crippen molar-refractivity contribution in [3.63, 3.8) is 0 Å². The molecule has 0 fully saturated rings. The lowest BCUT2D eigenvalue weighted by Gasteiger charge is -2.13. The van der Waals surface area contributed by atoms with E-state index in [2.05, 4.69) is 5.32 Å². The number of anilines is 2. The van der Waals surface area contributed by atoms with Crippen molar-refractivity contribution in [2.45, 2.75) is 12.5 Å². The van der Waals surface area contributed by atoms with Gasteiger partial charge in [0.25, 0.3) is 0 Å². The summed E-state index contributed by atoms with van der Waals surface area (Å²) in [5.41, 5.74) is 7.53. The number of phenols is 1. The van der Waals surface area contributed by atoms with Crippen LogP contribution in [0.4, 0.5) is 11.4 Å². The SMILES string of the molecule is Nc1ccccc1NC(=O)/C=C/C[C@@H](O)c1ccc(O)c2ccccc12. The Kier molecular flexibility index (Phi) is 5.20. The van der Waals surface area contributed by atoms with Crippen LogP contribution in [0.25, 0.3) is 10.8 Å². The maximum Gasteiger partial charge on any atom is 0.248 e. The molecular weight excluding hydrogens is 328 g/mol. The summed E-state index contributed by atoms with van der Waals surface area (Å²) in [5, 5.41) is 24.6. The van der Waals surface area contributed by atoms with Crippen molar-refractivity contribution in [3.8, 4) is 5.75 Å². The van der Waals surface area contributed by atoms with Crippen molar-refractivity contribution in [3.05, 3.63) is 78.4 Å². The van der Waals surface area contributed by atoms with Crippen molar-refractivity contribution in [1.29, 1.82) is 0 Å². The number of carbonyl (C=O) groups is 1. The first-order chi connectivity index (χ1) is 12.6. The molecular formula is C21H20N2O3. The number of nitrogens with one attached hydrogen (secondary N) is 1. The number of hydrogen-bond acceptors (Lipinski definition) is 4. The third-order valence-electron chi connectivity index (χ3n) is 4.14. The number of aliphatic hydroxyl groups excluding tert-OH is 1. The number of nitrogens with two attached hydrogens (primary N) is 1. The highest BCUT2D eigenvalue weighted by Crippen LogP contribution is 2.32. The van der Waals surface area contributed by atoms with E-state index < -0.39 is 6.10 Å². The van der Waals surface area contributed by atoms with Gasteiger partial charge >= 0.3 is 0 Å². The van der Waals surface area contributed by atoms with Crippen LogP contribution < -0.4 is 11.1 Å². The predicted octanol–water partition coefficient (Wildman–Crippen LogP) is 3.75. The Morgan fingerprint density at radius 3 is 2.50 bits per heavy atom. The molecule has 3 rings (SSSR count). The molecule has 1 amide bonds. The summed E-state index contributed by atoms with van der Waals surface area (Å²) in [7, 11) is 0. The molecule has 0 radical (unpaired) electrons. The number of para-hydroxylation sites is 2. The summed E-state index contributed by atoms with van der Waals surface area (Å²) in [5.74, 6) is -0.141. The number of carbonyl (C=O) groups excluding carboxylic acids is 1. The molecule has 1 atom stereocenters. The topological polar surface area (TPSA) is 95.6 Å². The summed E-state index contributed by atoms with van der Waals surface area (Å²) in [6.07, 6.45) is 2.47. The molecule has 0 spiro atoms. The van der Waals surface area contributed by atoms with E-state index in [4.69, 9.17) is 5.73 Å². The second kappa shape index (κ2) is 7.72. The van der Waals surface area contributed by atoms with Gasteiger partial charge in [0.15, 0.2) is 0 Å². The summed E-state index contributed by atoms with van der Waals surface area (Å²) >= 11 is 0. The molecule has 0 aliphatic carbocycles. The first-order valence-electron chi connectivity index (χ1n) is 8.27. The first kappa shape index (κ1) is 17.5. The lowest BCUT2D eigenvalue weighted by Crippen LogP contribution is -2.09. The van der Waals surface area contributed by atoms with Gasteiger partial charge in [0, 0.05) is 5.39 Å². The van der Waals surface area contributed by atoms with E-state index in [1.807, 2.05) is 18.2 Å². The highest BCUT2D eigenvalue weighted by atomic mass is 16.3. The van der Waals surface area contributed by atoms with Crippen molar-refractivity contribution in [2.75, 3.05) is 11.1 Å². The minimum Gasteiger partial charge on any atom is -0.507 e. The van der Waals surface area contributed by atoms with E-state index >= 15 is 0 Å². The highest BCUT2D eigenvalue weighted by Gasteiger charge is 2.12. The average molecular weight is 348 g/mol. The molecule has 0 aliphatic rings. The Balaban J connectivity index is 1.68. The lowest BCUT2D eigenvalue weighted by molar-refractivity contribution is -0.111. The third kappa shape index (κ3) is 3.84. The maximum absolute atomic E-state index is 12.0. The standard InChI is InChI=1S/C21H20N2O3/c22-17-8-3-4-9-18(17)23-21(26)11-5-10-19(24)16-12-13-20(25)15-7-2-1-6-14(15)16/h1-9,11-13,19,24-25H,10,22H2,(H,23,26)/b11-5+/t19-/m1/s1. The average Bonchev–Trinajstić information content (AvgIpc) is 2.64. The first-order valence-corrected chi connectivity index (χ1v) is 8.27. The smallest absolute Gasteiger partial charge is 0.248 e. The number of benzene rings is 3. The van der Waals surface area contributed by atoms with Crippen molar-refractivity contribution in [1.82, 2.24) is 0 Å². The van der Waals surface area contributed by atoms with Crippen LogP contribution >= 0.6 is 0 Å². The monoisotopic (exact) mass is 348 g/mol. The lowest BCUT2D eigenvalue weighted by atomic mass is 9.98. The molecule has 3 aromatic carbocycles. The van der Waals surface area contributed by atoms with Gasteiger partial charge in [-0.25, -0.2) is 0 Å². The van der Waals surface area contributed by atoms with Crippen LogP contribution in [0.15, 0.2) is 72.8 Å². The van der Waals surface area contributed by atoms with Gasteiger partial charge < -0.3 is 21.3 Å². The Hall–Kier alpha value is -3.31. The van der Waals surface area contributed by atoms with Crippen LogP contribution in [0.3, 0.4) is 0 Å². The molecule has 0 saturated carbocycles. The van der Waals surface area contributed by atoms with Gasteiger partial charge in [-0.15, -0.1) is 0 Å². The van der Waals surface area contributed by atoms with E-state index in [0.29, 0.717) is 22.3 Å². The van der Waals surface area contributed by atoms with Crippen molar-refractivity contribution < 1.29 is 15.0 Å². The number of phenolic OH excluding ortho intramolecular Hbond substituents is 1. The van der Waals surface area contributed by atoms with Crippen LogP contribution in [-0.2, 0) is 4.79 Å². The summed E-state index contributed by atoms with van der Waals surface area (Å²) in [4.78, 5) is 12.0. The number of amides is 1. The van der Waals surface area contributed by atoms with Gasteiger partial charge in [0.2, 0.25) is 5.91 Å². The molecule has 0 bridgehead atoms. The molecule has 0 aliphatic heterocycles. The van der Waals surface area contributed by atoms with Crippen molar-refractivity contribution >= 4 is 28.1 Å². The quantitative estimate of drug-likeness (QED) is 0.417. The third-order valence-corrected chi connectivity index (χ3v) is 4.14. The molecule has 26 heavy (non-hydrogen) atoms. The molecule has 3 aromatic rings. The van der Waals surface area contributed by atoms with Gasteiger partial charge in [-0.2, -0.15) is 0 Å². The van der Waals surface area contributed by atoms with Crippen LogP contribution in [0.1, 0.15) is 18.1 Å². The second-order valence-corrected chi connectivity index (χ2v) is 5.95. The minimum absolute atomic E-state index is 0.173. The van der Waals surface area contributed by atoms with Crippen LogP contribution in [0.5, 0.6) is 5.75 Å². The largest absolute Gasteiger partial charge is 0.507 e. The molecule has 5 nitrogen and oxygen atoms in total. The highest BCUT2D eigenvalue weighted by molar-refractivity contribution is 6.01. The second-order valence-electron chi connectivity index (χ2n) is 5.95. The number of rotatable bonds is 5. The van der Waals surface area contributed by atoms with E-state index in [1.54, 1.807) is 48.5 Å². The minimum atomic E-state index is -0.786. The molecule has 0 unspecified atom stereocenters. The number of fused-ring (bicyclic) bond motifs is 1. The Bertz CT molecular complexity index is 966. The predicted molar refractivity (Wildman–Crippen MR) is 104 cm³/mol. The summed E-state index contributed by atoms with van der Waals surface area (Å²) < 4.78 is 0. The Morgan fingerprint density at radius 2 is 1.73 bits per heavy atom. The van der Waals surface area contributed by atoms with E-state index in [1.165, 1.54) is 6.08 Å². The number of aromatic hydroxyl groups is 1. The Morgan fingerprint density at radius 1 is 1.04 bits per heavy atom.